The van der Waals surface area contributed by atoms with Gasteiger partial charge < -0.3 is 10.1 Å². The summed E-state index contributed by atoms with van der Waals surface area (Å²) in [6.45, 7) is 2.02. The van der Waals surface area contributed by atoms with Crippen molar-refractivity contribution in [2.24, 2.45) is 0 Å². The first-order chi connectivity index (χ1) is 10.2. The van der Waals surface area contributed by atoms with Gasteiger partial charge in [-0.25, -0.2) is 0 Å². The number of methoxy groups -OCH3 is 1. The van der Waals surface area contributed by atoms with Gasteiger partial charge in [-0.1, -0.05) is 48.9 Å². The first kappa shape index (κ1) is 15.4. The molecule has 21 heavy (non-hydrogen) atoms. The molecule has 2 rings (SSSR count). The highest BCUT2D eigenvalue weighted by atomic mass is 35.5. The Labute approximate surface area is 129 Å². The second kappa shape index (κ2) is 7.14. The Hall–Kier alpha value is -2.00. The van der Waals surface area contributed by atoms with Crippen molar-refractivity contribution in [3.63, 3.8) is 0 Å². The Morgan fingerprint density at radius 3 is 2.52 bits per heavy atom. The summed E-state index contributed by atoms with van der Waals surface area (Å²) in [4.78, 5) is 12.4. The molecule has 0 bridgehead atoms. The molecule has 1 N–H and O–H groups in total. The molecule has 1 amide bonds. The van der Waals surface area contributed by atoms with E-state index in [0.717, 1.165) is 17.7 Å². The van der Waals surface area contributed by atoms with Crippen molar-refractivity contribution in [1.29, 1.82) is 0 Å². The zero-order valence-corrected chi connectivity index (χ0v) is 12.9. The van der Waals surface area contributed by atoms with Gasteiger partial charge in [0.1, 0.15) is 5.75 Å². The third kappa shape index (κ3) is 3.56. The van der Waals surface area contributed by atoms with Crippen LogP contribution in [0, 0.1) is 0 Å². The average Bonchev–Trinajstić information content (AvgIpc) is 2.52. The topological polar surface area (TPSA) is 38.3 Å². The molecule has 2 aromatic carbocycles. The van der Waals surface area contributed by atoms with Gasteiger partial charge in [0.25, 0.3) is 5.91 Å². The summed E-state index contributed by atoms with van der Waals surface area (Å²) in [5.41, 5.74) is 1.44. The molecular formula is C17H18ClNO2. The third-order valence-corrected chi connectivity index (χ3v) is 3.68. The summed E-state index contributed by atoms with van der Waals surface area (Å²) < 4.78 is 5.36. The van der Waals surface area contributed by atoms with Crippen LogP contribution in [0.5, 0.6) is 5.75 Å². The van der Waals surface area contributed by atoms with Crippen LogP contribution in [-0.4, -0.2) is 13.0 Å². The smallest absolute Gasteiger partial charge is 0.253 e. The first-order valence-electron chi connectivity index (χ1n) is 6.85. The molecule has 3 nitrogen and oxygen atoms in total. The predicted octanol–water partition coefficient (Wildman–Crippen LogP) is 4.23. The molecule has 0 aliphatic carbocycles. The van der Waals surface area contributed by atoms with E-state index in [2.05, 4.69) is 5.32 Å². The molecule has 0 fully saturated rings. The van der Waals surface area contributed by atoms with E-state index in [-0.39, 0.29) is 11.9 Å². The summed E-state index contributed by atoms with van der Waals surface area (Å²) in [5, 5.41) is 3.46. The molecule has 0 aliphatic heterocycles. The number of amides is 1. The van der Waals surface area contributed by atoms with Crippen LogP contribution in [0.2, 0.25) is 5.02 Å². The summed E-state index contributed by atoms with van der Waals surface area (Å²) in [7, 11) is 1.63. The van der Waals surface area contributed by atoms with E-state index in [1.165, 1.54) is 0 Å². The molecule has 0 saturated carbocycles. The largest absolute Gasteiger partial charge is 0.496 e. The fraction of sp³-hybridized carbons (Fsp3) is 0.235. The van der Waals surface area contributed by atoms with Crippen LogP contribution in [0.1, 0.15) is 35.3 Å². The SMILES string of the molecule is CCC(NC(=O)c1ccccc1Cl)c1ccccc1OC. The Balaban J connectivity index is 2.23. The second-order valence-electron chi connectivity index (χ2n) is 4.66. The highest BCUT2D eigenvalue weighted by Gasteiger charge is 2.18. The van der Waals surface area contributed by atoms with Gasteiger partial charge in [-0.2, -0.15) is 0 Å². The van der Waals surface area contributed by atoms with Crippen molar-refractivity contribution in [2.75, 3.05) is 7.11 Å². The molecule has 0 aromatic heterocycles. The van der Waals surface area contributed by atoms with E-state index in [4.69, 9.17) is 16.3 Å². The standard InChI is InChI=1S/C17H18ClNO2/c1-3-15(13-9-5-7-11-16(13)21-2)19-17(20)12-8-4-6-10-14(12)18/h4-11,15H,3H2,1-2H3,(H,19,20). The lowest BCUT2D eigenvalue weighted by molar-refractivity contribution is 0.0935. The van der Waals surface area contributed by atoms with Gasteiger partial charge in [0.15, 0.2) is 0 Å². The molecule has 110 valence electrons. The zero-order valence-electron chi connectivity index (χ0n) is 12.1. The van der Waals surface area contributed by atoms with Gasteiger partial charge in [-0.15, -0.1) is 0 Å². The third-order valence-electron chi connectivity index (χ3n) is 3.35. The van der Waals surface area contributed by atoms with Gasteiger partial charge in [-0.05, 0) is 24.6 Å². The molecule has 0 spiro atoms. The molecule has 0 radical (unpaired) electrons. The Kier molecular flexibility index (Phi) is 5.23. The van der Waals surface area contributed by atoms with Crippen molar-refractivity contribution < 1.29 is 9.53 Å². The summed E-state index contributed by atoms with van der Waals surface area (Å²) in [5.74, 6) is 0.585. The van der Waals surface area contributed by atoms with Gasteiger partial charge >= 0.3 is 0 Å². The molecular weight excluding hydrogens is 286 g/mol. The minimum Gasteiger partial charge on any atom is -0.496 e. The highest BCUT2D eigenvalue weighted by Crippen LogP contribution is 2.27. The van der Waals surface area contributed by atoms with E-state index in [9.17, 15) is 4.79 Å². The van der Waals surface area contributed by atoms with E-state index in [1.807, 2.05) is 31.2 Å². The summed E-state index contributed by atoms with van der Waals surface area (Å²) >= 11 is 6.06. The number of ether oxygens (including phenoxy) is 1. The maximum Gasteiger partial charge on any atom is 0.253 e. The van der Waals surface area contributed by atoms with Crippen molar-refractivity contribution in [3.05, 3.63) is 64.7 Å². The summed E-state index contributed by atoms with van der Waals surface area (Å²) in [6.07, 6.45) is 0.760. The number of rotatable bonds is 5. The Bertz CT molecular complexity index is 628. The van der Waals surface area contributed by atoms with Crippen molar-refractivity contribution in [2.45, 2.75) is 19.4 Å². The van der Waals surface area contributed by atoms with Crippen molar-refractivity contribution in [3.8, 4) is 5.75 Å². The normalized spacial score (nSPS) is 11.8. The fourth-order valence-electron chi connectivity index (χ4n) is 2.24. The minimum absolute atomic E-state index is 0.120. The van der Waals surface area contributed by atoms with E-state index >= 15 is 0 Å². The maximum atomic E-state index is 12.4. The average molecular weight is 304 g/mol. The van der Waals surface area contributed by atoms with Gasteiger partial charge in [0.05, 0.1) is 23.7 Å². The van der Waals surface area contributed by atoms with Crippen molar-refractivity contribution in [1.82, 2.24) is 5.32 Å². The molecule has 1 atom stereocenters. The maximum absolute atomic E-state index is 12.4. The van der Waals surface area contributed by atoms with E-state index < -0.39 is 0 Å². The molecule has 1 unspecified atom stereocenters. The Morgan fingerprint density at radius 1 is 1.19 bits per heavy atom. The fourth-order valence-corrected chi connectivity index (χ4v) is 2.46. The van der Waals surface area contributed by atoms with Crippen molar-refractivity contribution >= 4 is 17.5 Å². The lowest BCUT2D eigenvalue weighted by Gasteiger charge is -2.20. The highest BCUT2D eigenvalue weighted by molar-refractivity contribution is 6.33. The number of para-hydroxylation sites is 1. The van der Waals surface area contributed by atoms with Gasteiger partial charge in [0, 0.05) is 5.56 Å². The van der Waals surface area contributed by atoms with Crippen LogP contribution in [0.4, 0.5) is 0 Å². The lowest BCUT2D eigenvalue weighted by atomic mass is 10.0. The number of carbonyl (C=O) groups is 1. The first-order valence-corrected chi connectivity index (χ1v) is 7.23. The molecule has 2 aromatic rings. The van der Waals surface area contributed by atoms with E-state index in [0.29, 0.717) is 10.6 Å². The van der Waals surface area contributed by atoms with Crippen LogP contribution in [0.3, 0.4) is 0 Å². The number of hydrogen-bond acceptors (Lipinski definition) is 2. The quantitative estimate of drug-likeness (QED) is 0.897. The molecule has 0 heterocycles. The van der Waals surface area contributed by atoms with Gasteiger partial charge in [-0.3, -0.25) is 4.79 Å². The predicted molar refractivity (Wildman–Crippen MR) is 84.9 cm³/mol. The number of halogens is 1. The molecule has 0 aliphatic rings. The summed E-state index contributed by atoms with van der Waals surface area (Å²) in [6, 6.07) is 14.6. The number of benzene rings is 2. The minimum atomic E-state index is -0.182. The van der Waals surface area contributed by atoms with E-state index in [1.54, 1.807) is 31.4 Å². The van der Waals surface area contributed by atoms with Crippen LogP contribution < -0.4 is 10.1 Å². The monoisotopic (exact) mass is 303 g/mol. The van der Waals surface area contributed by atoms with Crippen LogP contribution in [0.25, 0.3) is 0 Å². The number of nitrogens with one attached hydrogen (secondary N) is 1. The number of hydrogen-bond donors (Lipinski definition) is 1. The number of carbonyl (C=O) groups excluding carboxylic acids is 1. The van der Waals surface area contributed by atoms with Crippen LogP contribution >= 0.6 is 11.6 Å². The Morgan fingerprint density at radius 2 is 1.86 bits per heavy atom. The molecule has 0 saturated heterocycles. The second-order valence-corrected chi connectivity index (χ2v) is 5.06. The lowest BCUT2D eigenvalue weighted by Crippen LogP contribution is -2.28. The molecule has 4 heteroatoms. The zero-order chi connectivity index (χ0) is 15.2. The van der Waals surface area contributed by atoms with Crippen LogP contribution in [0.15, 0.2) is 48.5 Å². The van der Waals surface area contributed by atoms with Gasteiger partial charge in [0.2, 0.25) is 0 Å². The van der Waals surface area contributed by atoms with Crippen LogP contribution in [-0.2, 0) is 0 Å².